The van der Waals surface area contributed by atoms with Crippen LogP contribution in [0.5, 0.6) is 0 Å². The molecule has 0 spiro atoms. The Morgan fingerprint density at radius 2 is 2.19 bits per heavy atom. The van der Waals surface area contributed by atoms with E-state index in [2.05, 4.69) is 11.9 Å². The molecule has 1 aliphatic carbocycles. The van der Waals surface area contributed by atoms with E-state index in [-0.39, 0.29) is 18.1 Å². The van der Waals surface area contributed by atoms with Crippen LogP contribution >= 0.6 is 0 Å². The van der Waals surface area contributed by atoms with Gasteiger partial charge in [-0.1, -0.05) is 18.2 Å². The van der Waals surface area contributed by atoms with Crippen LogP contribution in [0.25, 0.3) is 0 Å². The molecular weight excluding hydrogens is 334 g/mol. The Bertz CT molecular complexity index is 674. The van der Waals surface area contributed by atoms with Crippen molar-refractivity contribution in [1.82, 2.24) is 5.32 Å². The molecule has 1 fully saturated rings. The monoisotopic (exact) mass is 359 g/mol. The van der Waals surface area contributed by atoms with Gasteiger partial charge in [-0.2, -0.15) is 0 Å². The summed E-state index contributed by atoms with van der Waals surface area (Å²) in [4.78, 5) is 36.9. The van der Waals surface area contributed by atoms with Gasteiger partial charge < -0.3 is 14.8 Å². The van der Waals surface area contributed by atoms with Crippen LogP contribution in [0.15, 0.2) is 48.3 Å². The van der Waals surface area contributed by atoms with Gasteiger partial charge >= 0.3 is 5.97 Å². The van der Waals surface area contributed by atoms with Crippen molar-refractivity contribution >= 4 is 17.7 Å². The summed E-state index contributed by atoms with van der Waals surface area (Å²) in [5, 5.41) is 2.71. The largest absolute Gasteiger partial charge is 0.496 e. The molecule has 0 aromatic heterocycles. The molecule has 2 rings (SSSR count). The lowest BCUT2D eigenvalue weighted by Crippen LogP contribution is -2.57. The molecule has 0 bridgehead atoms. The van der Waals surface area contributed by atoms with Gasteiger partial charge in [0.25, 0.3) is 0 Å². The minimum atomic E-state index is -1.13. The number of methoxy groups -OCH3 is 1. The average Bonchev–Trinajstić information content (AvgIpc) is 2.59. The number of carbonyl (C=O) groups excluding carboxylic acids is 3. The molecule has 2 aliphatic rings. The number of allylic oxidation sites excluding steroid dienone is 5. The van der Waals surface area contributed by atoms with E-state index >= 15 is 0 Å². The highest BCUT2D eigenvalue weighted by Crippen LogP contribution is 2.26. The Balaban J connectivity index is 2.08. The topological polar surface area (TPSA) is 81.7 Å². The molecule has 140 valence electrons. The second-order valence-electron chi connectivity index (χ2n) is 6.33. The zero-order valence-corrected chi connectivity index (χ0v) is 15.1. The SMILES string of the molecule is C=CC[C@]1(C(=O)OCC(=O)C2=C/C=C/CC/C=C\2OC)CCCC(=O)N1. The van der Waals surface area contributed by atoms with Crippen LogP contribution in [-0.4, -0.2) is 36.9 Å². The molecule has 6 nitrogen and oxygen atoms in total. The first kappa shape index (κ1) is 19.7. The summed E-state index contributed by atoms with van der Waals surface area (Å²) in [6.45, 7) is 3.24. The lowest BCUT2D eigenvalue weighted by atomic mass is 9.85. The molecule has 0 aromatic rings. The van der Waals surface area contributed by atoms with E-state index in [4.69, 9.17) is 9.47 Å². The van der Waals surface area contributed by atoms with E-state index in [0.717, 1.165) is 12.8 Å². The van der Waals surface area contributed by atoms with Crippen molar-refractivity contribution in [3.05, 3.63) is 48.3 Å². The molecule has 1 atom stereocenters. The smallest absolute Gasteiger partial charge is 0.332 e. The number of nitrogens with one attached hydrogen (secondary N) is 1. The summed E-state index contributed by atoms with van der Waals surface area (Å²) in [5.74, 6) is -0.682. The van der Waals surface area contributed by atoms with Crippen LogP contribution in [0.1, 0.15) is 38.5 Å². The van der Waals surface area contributed by atoms with Crippen molar-refractivity contribution in [3.8, 4) is 0 Å². The molecule has 0 unspecified atom stereocenters. The Morgan fingerprint density at radius 3 is 2.88 bits per heavy atom. The predicted molar refractivity (Wildman–Crippen MR) is 97.1 cm³/mol. The predicted octanol–water partition coefficient (Wildman–Crippen LogP) is 2.52. The number of hydrogen-bond acceptors (Lipinski definition) is 5. The molecule has 0 radical (unpaired) electrons. The van der Waals surface area contributed by atoms with Gasteiger partial charge in [0.2, 0.25) is 11.7 Å². The van der Waals surface area contributed by atoms with Crippen LogP contribution in [0, 0.1) is 0 Å². The second-order valence-corrected chi connectivity index (χ2v) is 6.33. The van der Waals surface area contributed by atoms with Crippen molar-refractivity contribution in [1.29, 1.82) is 0 Å². The number of esters is 1. The van der Waals surface area contributed by atoms with Gasteiger partial charge in [-0.25, -0.2) is 4.79 Å². The quantitative estimate of drug-likeness (QED) is 0.558. The van der Waals surface area contributed by atoms with Crippen LogP contribution < -0.4 is 5.32 Å². The number of Topliss-reactive ketones (excluding diaryl/α,β-unsaturated/α-hetero) is 1. The van der Waals surface area contributed by atoms with Crippen molar-refractivity contribution in [2.45, 2.75) is 44.1 Å². The Labute approximate surface area is 153 Å². The number of piperidine rings is 1. The van der Waals surface area contributed by atoms with Crippen molar-refractivity contribution in [3.63, 3.8) is 0 Å². The van der Waals surface area contributed by atoms with E-state index in [1.165, 1.54) is 7.11 Å². The first-order valence-electron chi connectivity index (χ1n) is 8.76. The summed E-state index contributed by atoms with van der Waals surface area (Å²) >= 11 is 0. The number of ketones is 1. The number of carbonyl (C=O) groups is 3. The molecular formula is C20H25NO5. The van der Waals surface area contributed by atoms with E-state index < -0.39 is 18.1 Å². The summed E-state index contributed by atoms with van der Waals surface area (Å²) in [5.41, 5.74) is -0.770. The molecule has 0 saturated carbocycles. The van der Waals surface area contributed by atoms with Gasteiger partial charge in [-0.3, -0.25) is 9.59 Å². The Morgan fingerprint density at radius 1 is 1.38 bits per heavy atom. The first-order chi connectivity index (χ1) is 12.5. The van der Waals surface area contributed by atoms with Gasteiger partial charge in [-0.15, -0.1) is 6.58 Å². The minimum absolute atomic E-state index is 0.196. The number of rotatable bonds is 7. The second kappa shape index (κ2) is 9.17. The maximum atomic E-state index is 12.6. The zero-order chi connectivity index (χ0) is 19.0. The minimum Gasteiger partial charge on any atom is -0.496 e. The van der Waals surface area contributed by atoms with Crippen molar-refractivity contribution in [2.24, 2.45) is 0 Å². The van der Waals surface area contributed by atoms with Gasteiger partial charge in [0.15, 0.2) is 6.61 Å². The Kier molecular flexibility index (Phi) is 6.95. The lowest BCUT2D eigenvalue weighted by molar-refractivity contribution is -0.157. The molecule has 1 aliphatic heterocycles. The van der Waals surface area contributed by atoms with Crippen LogP contribution in [0.3, 0.4) is 0 Å². The third-order valence-electron chi connectivity index (χ3n) is 4.45. The summed E-state index contributed by atoms with van der Waals surface area (Å²) in [6.07, 6.45) is 12.2. The van der Waals surface area contributed by atoms with Gasteiger partial charge in [0.1, 0.15) is 11.3 Å². The van der Waals surface area contributed by atoms with E-state index in [0.29, 0.717) is 30.6 Å². The van der Waals surface area contributed by atoms with E-state index in [1.807, 2.05) is 12.2 Å². The third kappa shape index (κ3) is 4.71. The number of ether oxygens (including phenoxy) is 2. The highest BCUT2D eigenvalue weighted by atomic mass is 16.5. The maximum absolute atomic E-state index is 12.6. The highest BCUT2D eigenvalue weighted by Gasteiger charge is 2.42. The molecule has 1 saturated heterocycles. The standard InChI is InChI=1S/C20H25NO5/c1-3-12-20(13-8-11-18(23)21-20)19(24)26-14-16(22)15-9-6-4-5-7-10-17(15)25-2/h3-4,6,9-10H,1,5,7-8,11-14H2,2H3,(H,21,23)/b6-4+,15-9-,17-10+/t20-/m1/s1. The number of hydrogen-bond donors (Lipinski definition) is 1. The van der Waals surface area contributed by atoms with Crippen LogP contribution in [-0.2, 0) is 23.9 Å². The molecule has 0 aromatic carbocycles. The Hall–Kier alpha value is -2.63. The average molecular weight is 359 g/mol. The first-order valence-corrected chi connectivity index (χ1v) is 8.76. The zero-order valence-electron chi connectivity index (χ0n) is 15.1. The highest BCUT2D eigenvalue weighted by molar-refractivity contribution is 6.01. The van der Waals surface area contributed by atoms with E-state index in [1.54, 1.807) is 18.2 Å². The van der Waals surface area contributed by atoms with Gasteiger partial charge in [-0.05, 0) is 44.3 Å². The van der Waals surface area contributed by atoms with Crippen LogP contribution in [0.4, 0.5) is 0 Å². The molecule has 1 heterocycles. The maximum Gasteiger partial charge on any atom is 0.332 e. The fraction of sp³-hybridized carbons (Fsp3) is 0.450. The molecule has 6 heteroatoms. The number of amides is 1. The summed E-state index contributed by atoms with van der Waals surface area (Å²) in [6, 6.07) is 0. The molecule has 1 N–H and O–H groups in total. The fourth-order valence-corrected chi connectivity index (χ4v) is 3.11. The molecule has 1 amide bonds. The normalized spacial score (nSPS) is 28.1. The molecule has 26 heavy (non-hydrogen) atoms. The van der Waals surface area contributed by atoms with Gasteiger partial charge in [0, 0.05) is 6.42 Å². The third-order valence-corrected chi connectivity index (χ3v) is 4.45. The van der Waals surface area contributed by atoms with Crippen molar-refractivity contribution < 1.29 is 23.9 Å². The summed E-state index contributed by atoms with van der Waals surface area (Å²) < 4.78 is 10.6. The van der Waals surface area contributed by atoms with E-state index in [9.17, 15) is 14.4 Å². The van der Waals surface area contributed by atoms with Crippen molar-refractivity contribution in [2.75, 3.05) is 13.7 Å². The lowest BCUT2D eigenvalue weighted by Gasteiger charge is -2.34. The van der Waals surface area contributed by atoms with Crippen LogP contribution in [0.2, 0.25) is 0 Å². The van der Waals surface area contributed by atoms with Gasteiger partial charge in [0.05, 0.1) is 12.7 Å². The summed E-state index contributed by atoms with van der Waals surface area (Å²) in [7, 11) is 1.50. The fourth-order valence-electron chi connectivity index (χ4n) is 3.11.